The van der Waals surface area contributed by atoms with Crippen molar-refractivity contribution in [3.63, 3.8) is 0 Å². The van der Waals surface area contributed by atoms with Gasteiger partial charge in [0, 0.05) is 45.4 Å². The molecule has 0 amide bonds. The highest BCUT2D eigenvalue weighted by molar-refractivity contribution is 5.37. The van der Waals surface area contributed by atoms with Crippen molar-refractivity contribution >= 4 is 0 Å². The molecule has 1 heterocycles. The summed E-state index contributed by atoms with van der Waals surface area (Å²) in [4.78, 5) is 2.51. The van der Waals surface area contributed by atoms with Crippen LogP contribution in [0.1, 0.15) is 11.1 Å². The minimum Gasteiger partial charge on any atom is -0.496 e. The first-order valence-electron chi connectivity index (χ1n) is 6.91. The van der Waals surface area contributed by atoms with Crippen LogP contribution < -0.4 is 10.1 Å². The van der Waals surface area contributed by atoms with Gasteiger partial charge in [-0.25, -0.2) is 0 Å². The van der Waals surface area contributed by atoms with E-state index in [1.807, 2.05) is 6.07 Å². The summed E-state index contributed by atoms with van der Waals surface area (Å²) in [6.07, 6.45) is 1.08. The lowest BCUT2D eigenvalue weighted by molar-refractivity contribution is 0.181. The molecule has 1 fully saturated rings. The Labute approximate surface area is 115 Å². The third-order valence-electron chi connectivity index (χ3n) is 3.57. The summed E-state index contributed by atoms with van der Waals surface area (Å²) in [5.74, 6) is 0.910. The predicted octanol–water partition coefficient (Wildman–Crippen LogP) is 1.29. The molecule has 2 rings (SSSR count). The van der Waals surface area contributed by atoms with E-state index in [1.54, 1.807) is 14.2 Å². The summed E-state index contributed by atoms with van der Waals surface area (Å²) in [5.41, 5.74) is 2.48. The number of rotatable bonds is 6. The Morgan fingerprint density at radius 3 is 2.68 bits per heavy atom. The van der Waals surface area contributed by atoms with E-state index in [4.69, 9.17) is 9.47 Å². The van der Waals surface area contributed by atoms with Gasteiger partial charge in [0.05, 0.1) is 13.7 Å². The zero-order valence-electron chi connectivity index (χ0n) is 11.9. The number of methoxy groups -OCH3 is 2. The minimum atomic E-state index is 0.602. The second kappa shape index (κ2) is 7.48. The molecule has 1 aliphatic heterocycles. The molecule has 106 valence electrons. The van der Waals surface area contributed by atoms with E-state index >= 15 is 0 Å². The van der Waals surface area contributed by atoms with Gasteiger partial charge in [-0.3, -0.25) is 0 Å². The molecule has 0 saturated carbocycles. The number of ether oxygens (including phenoxy) is 2. The van der Waals surface area contributed by atoms with Gasteiger partial charge in [0.2, 0.25) is 0 Å². The molecule has 1 aromatic rings. The second-order valence-corrected chi connectivity index (χ2v) is 4.92. The smallest absolute Gasteiger partial charge is 0.124 e. The Hall–Kier alpha value is -1.10. The molecule has 1 N–H and O–H groups in total. The van der Waals surface area contributed by atoms with Gasteiger partial charge in [0.15, 0.2) is 0 Å². The van der Waals surface area contributed by atoms with Crippen LogP contribution in [-0.2, 0) is 17.8 Å². The van der Waals surface area contributed by atoms with E-state index in [-0.39, 0.29) is 0 Å². The minimum absolute atomic E-state index is 0.602. The molecule has 1 saturated heterocycles. The number of nitrogens with one attached hydrogen (secondary N) is 1. The van der Waals surface area contributed by atoms with Crippen LogP contribution in [0.3, 0.4) is 0 Å². The molecule has 19 heavy (non-hydrogen) atoms. The fraction of sp³-hybridized carbons (Fsp3) is 0.600. The third-order valence-corrected chi connectivity index (χ3v) is 3.57. The van der Waals surface area contributed by atoms with Crippen molar-refractivity contribution in [1.82, 2.24) is 10.2 Å². The van der Waals surface area contributed by atoms with Crippen molar-refractivity contribution in [2.45, 2.75) is 13.0 Å². The molecular weight excluding hydrogens is 240 g/mol. The molecule has 0 aromatic heterocycles. The van der Waals surface area contributed by atoms with E-state index in [9.17, 15) is 0 Å². The number of benzene rings is 1. The Bertz CT molecular complexity index is 390. The van der Waals surface area contributed by atoms with E-state index in [2.05, 4.69) is 22.3 Å². The zero-order valence-corrected chi connectivity index (χ0v) is 11.9. The maximum atomic E-state index is 5.35. The normalized spacial score (nSPS) is 16.5. The average molecular weight is 264 g/mol. The lowest BCUT2D eigenvalue weighted by Gasteiger charge is -2.27. The van der Waals surface area contributed by atoms with Gasteiger partial charge in [-0.05, 0) is 24.1 Å². The van der Waals surface area contributed by atoms with Gasteiger partial charge >= 0.3 is 0 Å². The van der Waals surface area contributed by atoms with Gasteiger partial charge in [0.1, 0.15) is 5.75 Å². The summed E-state index contributed by atoms with van der Waals surface area (Å²) in [6.45, 7) is 6.25. The number of piperazine rings is 1. The maximum Gasteiger partial charge on any atom is 0.124 e. The molecule has 1 aliphatic rings. The number of nitrogens with zero attached hydrogens (tertiary/aromatic N) is 1. The molecule has 0 unspecified atom stereocenters. The first-order chi connectivity index (χ1) is 9.33. The molecule has 1 aromatic carbocycles. The van der Waals surface area contributed by atoms with Crippen LogP contribution in [0.25, 0.3) is 0 Å². The first kappa shape index (κ1) is 14.3. The lowest BCUT2D eigenvalue weighted by atomic mass is 10.1. The Balaban J connectivity index is 1.93. The van der Waals surface area contributed by atoms with Crippen molar-refractivity contribution in [3.8, 4) is 5.75 Å². The molecule has 0 spiro atoms. The van der Waals surface area contributed by atoms with Crippen LogP contribution in [0, 0.1) is 0 Å². The lowest BCUT2D eigenvalue weighted by Crippen LogP contribution is -2.44. The average Bonchev–Trinajstić information content (AvgIpc) is 2.47. The fourth-order valence-corrected chi connectivity index (χ4v) is 2.48. The Morgan fingerprint density at radius 2 is 2.00 bits per heavy atom. The van der Waals surface area contributed by atoms with Crippen molar-refractivity contribution in [2.75, 3.05) is 46.9 Å². The maximum absolute atomic E-state index is 5.35. The van der Waals surface area contributed by atoms with Crippen molar-refractivity contribution in [2.24, 2.45) is 0 Å². The van der Waals surface area contributed by atoms with Crippen LogP contribution in [0.4, 0.5) is 0 Å². The third kappa shape index (κ3) is 4.20. The SMILES string of the molecule is COCc1cc(CCN2CCNCC2)ccc1OC. The van der Waals surface area contributed by atoms with Gasteiger partial charge < -0.3 is 19.7 Å². The summed E-state index contributed by atoms with van der Waals surface area (Å²) >= 11 is 0. The monoisotopic (exact) mass is 264 g/mol. The number of hydrogen-bond acceptors (Lipinski definition) is 4. The second-order valence-electron chi connectivity index (χ2n) is 4.92. The zero-order chi connectivity index (χ0) is 13.5. The van der Waals surface area contributed by atoms with Crippen LogP contribution in [0.15, 0.2) is 18.2 Å². The van der Waals surface area contributed by atoms with Crippen molar-refractivity contribution in [3.05, 3.63) is 29.3 Å². The van der Waals surface area contributed by atoms with Gasteiger partial charge in [-0.15, -0.1) is 0 Å². The summed E-state index contributed by atoms with van der Waals surface area (Å²) in [7, 11) is 3.42. The highest BCUT2D eigenvalue weighted by atomic mass is 16.5. The molecular formula is C15H24N2O2. The number of hydrogen-bond donors (Lipinski definition) is 1. The van der Waals surface area contributed by atoms with Crippen molar-refractivity contribution < 1.29 is 9.47 Å². The van der Waals surface area contributed by atoms with Crippen LogP contribution in [-0.4, -0.2) is 51.8 Å². The van der Waals surface area contributed by atoms with Crippen LogP contribution >= 0.6 is 0 Å². The van der Waals surface area contributed by atoms with Gasteiger partial charge in [-0.2, -0.15) is 0 Å². The van der Waals surface area contributed by atoms with Gasteiger partial charge in [-0.1, -0.05) is 6.07 Å². The van der Waals surface area contributed by atoms with E-state index in [0.717, 1.165) is 50.5 Å². The molecule has 4 nitrogen and oxygen atoms in total. The molecule has 4 heteroatoms. The molecule has 0 atom stereocenters. The van der Waals surface area contributed by atoms with Gasteiger partial charge in [0.25, 0.3) is 0 Å². The predicted molar refractivity (Wildman–Crippen MR) is 76.7 cm³/mol. The van der Waals surface area contributed by atoms with Crippen LogP contribution in [0.2, 0.25) is 0 Å². The highest BCUT2D eigenvalue weighted by Crippen LogP contribution is 2.21. The van der Waals surface area contributed by atoms with Crippen LogP contribution in [0.5, 0.6) is 5.75 Å². The summed E-state index contributed by atoms with van der Waals surface area (Å²) < 4.78 is 10.6. The Kier molecular flexibility index (Phi) is 5.63. The fourth-order valence-electron chi connectivity index (χ4n) is 2.48. The largest absolute Gasteiger partial charge is 0.496 e. The van der Waals surface area contributed by atoms with E-state index in [0.29, 0.717) is 6.61 Å². The molecule has 0 radical (unpaired) electrons. The summed E-state index contributed by atoms with van der Waals surface area (Å²) in [5, 5.41) is 3.38. The quantitative estimate of drug-likeness (QED) is 0.839. The topological polar surface area (TPSA) is 33.7 Å². The highest BCUT2D eigenvalue weighted by Gasteiger charge is 2.10. The molecule has 0 bridgehead atoms. The summed E-state index contributed by atoms with van der Waals surface area (Å²) in [6, 6.07) is 6.40. The Morgan fingerprint density at radius 1 is 1.21 bits per heavy atom. The first-order valence-corrected chi connectivity index (χ1v) is 6.91. The standard InChI is InChI=1S/C15H24N2O2/c1-18-12-14-11-13(3-4-15(14)19-2)5-8-17-9-6-16-7-10-17/h3-4,11,16H,5-10,12H2,1-2H3. The van der Waals surface area contributed by atoms with E-state index < -0.39 is 0 Å². The molecule has 0 aliphatic carbocycles. The van der Waals surface area contributed by atoms with Crippen molar-refractivity contribution in [1.29, 1.82) is 0 Å². The van der Waals surface area contributed by atoms with E-state index in [1.165, 1.54) is 5.56 Å².